The van der Waals surface area contributed by atoms with Gasteiger partial charge in [0.2, 0.25) is 5.91 Å². The van der Waals surface area contributed by atoms with E-state index in [-0.39, 0.29) is 17.7 Å². The number of ether oxygens (including phenoxy) is 1. The zero-order chi connectivity index (χ0) is 20.8. The second kappa shape index (κ2) is 9.94. The number of halogens is 1. The molecule has 0 radical (unpaired) electrons. The summed E-state index contributed by atoms with van der Waals surface area (Å²) in [4.78, 5) is 30.6. The number of hydrogen-bond donors (Lipinski definition) is 0. The molecule has 0 N–H and O–H groups in total. The molecule has 7 heteroatoms. The first-order valence-corrected chi connectivity index (χ1v) is 10.8. The summed E-state index contributed by atoms with van der Waals surface area (Å²) >= 11 is 7.58. The average molecular weight is 431 g/mol. The van der Waals surface area contributed by atoms with Crippen molar-refractivity contribution in [3.8, 4) is 5.75 Å². The normalized spacial score (nSPS) is 15.7. The maximum Gasteiger partial charge on any atom is 0.233 e. The highest BCUT2D eigenvalue weighted by molar-refractivity contribution is 8.14. The van der Waals surface area contributed by atoms with Crippen molar-refractivity contribution < 1.29 is 14.3 Å². The fourth-order valence-corrected chi connectivity index (χ4v) is 4.02. The third-order valence-corrected chi connectivity index (χ3v) is 5.82. The minimum Gasteiger partial charge on any atom is -0.494 e. The lowest BCUT2D eigenvalue weighted by molar-refractivity contribution is -0.117. The summed E-state index contributed by atoms with van der Waals surface area (Å²) in [7, 11) is 0. The summed E-state index contributed by atoms with van der Waals surface area (Å²) in [5.74, 6) is 1.54. The van der Waals surface area contributed by atoms with Crippen LogP contribution in [0.15, 0.2) is 53.5 Å². The monoisotopic (exact) mass is 430 g/mol. The molecule has 2 aromatic rings. The lowest BCUT2D eigenvalue weighted by Gasteiger charge is -2.22. The molecule has 29 heavy (non-hydrogen) atoms. The number of amides is 1. The van der Waals surface area contributed by atoms with Gasteiger partial charge < -0.3 is 4.74 Å². The summed E-state index contributed by atoms with van der Waals surface area (Å²) in [6.07, 6.45) is 0.910. The van der Waals surface area contributed by atoms with Gasteiger partial charge in [0.1, 0.15) is 5.75 Å². The minimum absolute atomic E-state index is 0.0199. The van der Waals surface area contributed by atoms with Crippen molar-refractivity contribution in [3.05, 3.63) is 59.1 Å². The zero-order valence-electron chi connectivity index (χ0n) is 16.4. The molecule has 3 rings (SSSR count). The van der Waals surface area contributed by atoms with Crippen molar-refractivity contribution in [2.45, 2.75) is 32.7 Å². The van der Waals surface area contributed by atoms with Crippen LogP contribution in [0.4, 0.5) is 5.69 Å². The van der Waals surface area contributed by atoms with Crippen LogP contribution in [-0.2, 0) is 4.79 Å². The van der Waals surface area contributed by atoms with Crippen LogP contribution in [0.1, 0.15) is 37.0 Å². The Morgan fingerprint density at radius 1 is 1.17 bits per heavy atom. The number of amidine groups is 1. The van der Waals surface area contributed by atoms with Gasteiger partial charge in [-0.1, -0.05) is 23.4 Å². The molecule has 0 aliphatic carbocycles. The van der Waals surface area contributed by atoms with Crippen LogP contribution in [0.3, 0.4) is 0 Å². The molecule has 0 saturated heterocycles. The SMILES string of the molecule is CC(=O)c1ccc(OCCCC(=O)N(C2=NC(C)CS2)c2ccc(Cl)cc2)cc1. The summed E-state index contributed by atoms with van der Waals surface area (Å²) in [6, 6.07) is 14.4. The van der Waals surface area contributed by atoms with Crippen molar-refractivity contribution >= 4 is 45.9 Å². The van der Waals surface area contributed by atoms with E-state index in [9.17, 15) is 9.59 Å². The number of anilines is 1. The van der Waals surface area contributed by atoms with Crippen molar-refractivity contribution in [2.75, 3.05) is 17.3 Å². The Morgan fingerprint density at radius 3 is 2.45 bits per heavy atom. The molecular formula is C22H23ClN2O3S. The van der Waals surface area contributed by atoms with Crippen LogP contribution in [0, 0.1) is 0 Å². The Balaban J connectivity index is 1.59. The van der Waals surface area contributed by atoms with Crippen LogP contribution in [0.2, 0.25) is 5.02 Å². The third kappa shape index (κ3) is 5.84. The van der Waals surface area contributed by atoms with E-state index in [1.54, 1.807) is 53.1 Å². The third-order valence-electron chi connectivity index (χ3n) is 4.37. The van der Waals surface area contributed by atoms with Gasteiger partial charge in [-0.15, -0.1) is 0 Å². The van der Waals surface area contributed by atoms with Crippen LogP contribution in [0.5, 0.6) is 5.75 Å². The van der Waals surface area contributed by atoms with Crippen LogP contribution < -0.4 is 9.64 Å². The Labute approximate surface area is 180 Å². The van der Waals surface area contributed by atoms with E-state index in [1.165, 1.54) is 6.92 Å². The quantitative estimate of drug-likeness (QED) is 0.446. The first-order valence-electron chi connectivity index (χ1n) is 9.47. The van der Waals surface area contributed by atoms with Gasteiger partial charge in [-0.25, -0.2) is 0 Å². The first-order chi connectivity index (χ1) is 13.9. The molecule has 0 spiro atoms. The molecule has 0 saturated carbocycles. The standard InChI is InChI=1S/C22H23ClN2O3S/c1-15-14-29-22(24-15)25(19-9-7-18(23)8-10-19)21(27)4-3-13-28-20-11-5-17(6-12-20)16(2)26/h5-12,15H,3-4,13-14H2,1-2H3. The molecule has 1 atom stereocenters. The van der Waals surface area contributed by atoms with Crippen molar-refractivity contribution in [2.24, 2.45) is 4.99 Å². The fourth-order valence-electron chi connectivity index (χ4n) is 2.84. The molecule has 1 amide bonds. The Hall–Kier alpha value is -2.31. The van der Waals surface area contributed by atoms with Crippen LogP contribution in [-0.4, -0.2) is 35.3 Å². The second-order valence-corrected chi connectivity index (χ2v) is 8.23. The maximum absolute atomic E-state index is 13.0. The van der Waals surface area contributed by atoms with Gasteiger partial charge in [-0.05, 0) is 68.8 Å². The molecule has 1 heterocycles. The Bertz CT molecular complexity index is 897. The molecule has 0 bridgehead atoms. The van der Waals surface area contributed by atoms with Gasteiger partial charge in [0.25, 0.3) is 0 Å². The van der Waals surface area contributed by atoms with Crippen LogP contribution in [0.25, 0.3) is 0 Å². The van der Waals surface area contributed by atoms with E-state index in [2.05, 4.69) is 4.99 Å². The number of hydrogen-bond acceptors (Lipinski definition) is 5. The first kappa shape index (κ1) is 21.4. The average Bonchev–Trinajstić information content (AvgIpc) is 3.13. The van der Waals surface area contributed by atoms with Gasteiger partial charge >= 0.3 is 0 Å². The van der Waals surface area contributed by atoms with E-state index < -0.39 is 0 Å². The number of ketones is 1. The van der Waals surface area contributed by atoms with Crippen molar-refractivity contribution in [1.29, 1.82) is 0 Å². The topological polar surface area (TPSA) is 59.0 Å². The number of carbonyl (C=O) groups is 2. The van der Waals surface area contributed by atoms with Gasteiger partial charge in [-0.3, -0.25) is 19.5 Å². The summed E-state index contributed by atoms with van der Waals surface area (Å²) in [6.45, 7) is 3.98. The second-order valence-electron chi connectivity index (χ2n) is 6.81. The molecular weight excluding hydrogens is 408 g/mol. The maximum atomic E-state index is 13.0. The predicted molar refractivity (Wildman–Crippen MR) is 119 cm³/mol. The van der Waals surface area contributed by atoms with Crippen molar-refractivity contribution in [1.82, 2.24) is 0 Å². The summed E-state index contributed by atoms with van der Waals surface area (Å²) in [5, 5.41) is 1.35. The van der Waals surface area contributed by atoms with E-state index in [0.29, 0.717) is 35.8 Å². The van der Waals surface area contributed by atoms with Gasteiger partial charge in [-0.2, -0.15) is 0 Å². The number of rotatable bonds is 7. The fraction of sp³-hybridized carbons (Fsp3) is 0.318. The van der Waals surface area contributed by atoms with E-state index in [1.807, 2.05) is 19.1 Å². The van der Waals surface area contributed by atoms with E-state index in [0.717, 1.165) is 16.6 Å². The molecule has 0 aromatic heterocycles. The minimum atomic E-state index is -0.0248. The highest BCUT2D eigenvalue weighted by Gasteiger charge is 2.26. The number of Topliss-reactive ketones (excluding diaryl/α,β-unsaturated/α-hetero) is 1. The Kier molecular flexibility index (Phi) is 7.34. The van der Waals surface area contributed by atoms with E-state index >= 15 is 0 Å². The lowest BCUT2D eigenvalue weighted by Crippen LogP contribution is -2.34. The molecule has 1 aliphatic rings. The molecule has 1 aliphatic heterocycles. The Morgan fingerprint density at radius 2 is 1.86 bits per heavy atom. The number of benzene rings is 2. The van der Waals surface area contributed by atoms with Gasteiger partial charge in [0.15, 0.2) is 11.0 Å². The summed E-state index contributed by atoms with van der Waals surface area (Å²) in [5.41, 5.74) is 1.41. The number of nitrogens with zero attached hydrogens (tertiary/aromatic N) is 2. The van der Waals surface area contributed by atoms with Crippen LogP contribution >= 0.6 is 23.4 Å². The van der Waals surface area contributed by atoms with Crippen molar-refractivity contribution in [3.63, 3.8) is 0 Å². The largest absolute Gasteiger partial charge is 0.494 e. The number of aliphatic imine (C=N–C) groups is 1. The number of carbonyl (C=O) groups excluding carboxylic acids is 2. The van der Waals surface area contributed by atoms with E-state index in [4.69, 9.17) is 16.3 Å². The zero-order valence-corrected chi connectivity index (χ0v) is 18.0. The molecule has 152 valence electrons. The van der Waals surface area contributed by atoms with Gasteiger partial charge in [0, 0.05) is 22.8 Å². The van der Waals surface area contributed by atoms with Gasteiger partial charge in [0.05, 0.1) is 18.3 Å². The molecule has 5 nitrogen and oxygen atoms in total. The predicted octanol–water partition coefficient (Wildman–Crippen LogP) is 5.23. The molecule has 2 aromatic carbocycles. The highest BCUT2D eigenvalue weighted by atomic mass is 35.5. The molecule has 0 fully saturated rings. The smallest absolute Gasteiger partial charge is 0.233 e. The highest BCUT2D eigenvalue weighted by Crippen LogP contribution is 2.27. The summed E-state index contributed by atoms with van der Waals surface area (Å²) < 4.78 is 5.70. The number of thioether (sulfide) groups is 1. The lowest BCUT2D eigenvalue weighted by atomic mass is 10.1. The molecule has 1 unspecified atom stereocenters.